The molecular formula is C14H16N4O5. The molecule has 122 valence electrons. The maximum Gasteiger partial charge on any atom is 0.315 e. The first-order valence-corrected chi connectivity index (χ1v) is 7.21. The van der Waals surface area contributed by atoms with E-state index in [0.29, 0.717) is 32.1 Å². The molecule has 0 aromatic carbocycles. The molecule has 0 saturated carbocycles. The van der Waals surface area contributed by atoms with Crippen LogP contribution in [0.1, 0.15) is 22.3 Å². The molecule has 1 N–H and O–H groups in total. The summed E-state index contributed by atoms with van der Waals surface area (Å²) in [6, 6.07) is 3.46. The van der Waals surface area contributed by atoms with Crippen LogP contribution in [0.4, 0.5) is 0 Å². The molecule has 2 aromatic rings. The minimum absolute atomic E-state index is 0.00500. The zero-order chi connectivity index (χ0) is 16.1. The second-order valence-corrected chi connectivity index (χ2v) is 4.95. The second kappa shape index (κ2) is 7.05. The first-order chi connectivity index (χ1) is 11.2. The number of amides is 2. The van der Waals surface area contributed by atoms with Gasteiger partial charge in [-0.25, -0.2) is 0 Å². The third-order valence-corrected chi connectivity index (χ3v) is 3.34. The van der Waals surface area contributed by atoms with Crippen LogP contribution in [0.3, 0.4) is 0 Å². The van der Waals surface area contributed by atoms with Gasteiger partial charge in [0.15, 0.2) is 5.82 Å². The number of carbonyl (C=O) groups excluding carboxylic acids is 2. The first kappa shape index (κ1) is 15.2. The van der Waals surface area contributed by atoms with E-state index in [2.05, 4.69) is 15.5 Å². The Morgan fingerprint density at radius 1 is 1.30 bits per heavy atom. The van der Waals surface area contributed by atoms with Crippen LogP contribution in [-0.2, 0) is 22.5 Å². The van der Waals surface area contributed by atoms with Crippen molar-refractivity contribution in [2.75, 3.05) is 26.3 Å². The summed E-state index contributed by atoms with van der Waals surface area (Å²) in [4.78, 5) is 29.6. The Kier molecular flexibility index (Phi) is 4.67. The normalized spacial score (nSPS) is 14.7. The molecule has 3 rings (SSSR count). The average molecular weight is 320 g/mol. The van der Waals surface area contributed by atoms with Gasteiger partial charge >= 0.3 is 11.8 Å². The summed E-state index contributed by atoms with van der Waals surface area (Å²) in [5.74, 6) is -0.0119. The maximum atomic E-state index is 12.1. The van der Waals surface area contributed by atoms with Gasteiger partial charge in [-0.1, -0.05) is 5.16 Å². The van der Waals surface area contributed by atoms with Gasteiger partial charge in [-0.05, 0) is 12.1 Å². The fourth-order valence-electron chi connectivity index (χ4n) is 2.13. The van der Waals surface area contributed by atoms with E-state index in [1.54, 1.807) is 17.0 Å². The Morgan fingerprint density at radius 3 is 2.87 bits per heavy atom. The van der Waals surface area contributed by atoms with Crippen LogP contribution in [-0.4, -0.2) is 53.2 Å². The molecule has 1 aliphatic heterocycles. The van der Waals surface area contributed by atoms with Gasteiger partial charge in [0.2, 0.25) is 5.91 Å². The number of morpholine rings is 1. The number of aromatic nitrogens is 2. The van der Waals surface area contributed by atoms with Crippen LogP contribution in [0, 0.1) is 0 Å². The van der Waals surface area contributed by atoms with Gasteiger partial charge in [0.05, 0.1) is 32.4 Å². The molecule has 9 heteroatoms. The van der Waals surface area contributed by atoms with Crippen LogP contribution >= 0.6 is 0 Å². The van der Waals surface area contributed by atoms with Gasteiger partial charge in [0.1, 0.15) is 5.76 Å². The Balaban J connectivity index is 1.52. The molecule has 9 nitrogen and oxygen atoms in total. The van der Waals surface area contributed by atoms with Crippen molar-refractivity contribution >= 4 is 11.8 Å². The van der Waals surface area contributed by atoms with E-state index in [-0.39, 0.29) is 30.6 Å². The lowest BCUT2D eigenvalue weighted by atomic mass is 10.3. The van der Waals surface area contributed by atoms with E-state index in [1.807, 2.05) is 0 Å². The summed E-state index contributed by atoms with van der Waals surface area (Å²) in [5, 5.41) is 6.26. The molecule has 3 heterocycles. The molecule has 1 saturated heterocycles. The Bertz CT molecular complexity index is 661. The van der Waals surface area contributed by atoms with Crippen molar-refractivity contribution in [2.24, 2.45) is 0 Å². The van der Waals surface area contributed by atoms with Crippen molar-refractivity contribution < 1.29 is 23.3 Å². The number of furan rings is 1. The molecule has 1 fully saturated rings. The van der Waals surface area contributed by atoms with Crippen molar-refractivity contribution in [3.63, 3.8) is 0 Å². The standard InChI is InChI=1S/C14H16N4O5/c19-12(18-3-6-21-7-4-18)8-11-16-14(23-17-11)13(20)15-9-10-2-1-5-22-10/h1-2,5H,3-4,6-9H2,(H,15,20). The number of hydrogen-bond acceptors (Lipinski definition) is 7. The summed E-state index contributed by atoms with van der Waals surface area (Å²) in [6.07, 6.45) is 1.51. The third-order valence-electron chi connectivity index (χ3n) is 3.34. The lowest BCUT2D eigenvalue weighted by Crippen LogP contribution is -2.41. The van der Waals surface area contributed by atoms with Gasteiger partial charge in [0, 0.05) is 13.1 Å². The van der Waals surface area contributed by atoms with Gasteiger partial charge in [-0.3, -0.25) is 9.59 Å². The number of nitrogens with one attached hydrogen (secondary N) is 1. The third kappa shape index (κ3) is 3.95. The lowest BCUT2D eigenvalue weighted by Gasteiger charge is -2.26. The highest BCUT2D eigenvalue weighted by Gasteiger charge is 2.21. The highest BCUT2D eigenvalue weighted by molar-refractivity contribution is 5.89. The van der Waals surface area contributed by atoms with Gasteiger partial charge in [-0.2, -0.15) is 4.98 Å². The lowest BCUT2D eigenvalue weighted by molar-refractivity contribution is -0.134. The molecule has 0 unspecified atom stereocenters. The van der Waals surface area contributed by atoms with E-state index in [0.717, 1.165) is 0 Å². The topological polar surface area (TPSA) is 111 Å². The number of rotatable bonds is 5. The Labute approximate surface area is 131 Å². The van der Waals surface area contributed by atoms with E-state index >= 15 is 0 Å². The predicted octanol–water partition coefficient (Wildman–Crippen LogP) is -0.00610. The van der Waals surface area contributed by atoms with Crippen molar-refractivity contribution in [1.29, 1.82) is 0 Å². The van der Waals surface area contributed by atoms with Gasteiger partial charge < -0.3 is 23.9 Å². The zero-order valence-electron chi connectivity index (χ0n) is 12.4. The molecule has 0 atom stereocenters. The molecule has 2 amide bonds. The summed E-state index contributed by atoms with van der Waals surface area (Å²) in [5.41, 5.74) is 0. The van der Waals surface area contributed by atoms with Crippen molar-refractivity contribution in [1.82, 2.24) is 20.4 Å². The quantitative estimate of drug-likeness (QED) is 0.825. The van der Waals surface area contributed by atoms with Crippen molar-refractivity contribution in [3.8, 4) is 0 Å². The van der Waals surface area contributed by atoms with E-state index in [4.69, 9.17) is 13.7 Å². The average Bonchev–Trinajstić information content (AvgIpc) is 3.25. The molecule has 0 spiro atoms. The summed E-state index contributed by atoms with van der Waals surface area (Å²) in [6.45, 7) is 2.37. The fraction of sp³-hybridized carbons (Fsp3) is 0.429. The van der Waals surface area contributed by atoms with Gasteiger partial charge in [0.25, 0.3) is 0 Å². The number of nitrogens with zero attached hydrogens (tertiary/aromatic N) is 3. The summed E-state index contributed by atoms with van der Waals surface area (Å²) in [7, 11) is 0. The minimum Gasteiger partial charge on any atom is -0.467 e. The molecule has 0 bridgehead atoms. The summed E-state index contributed by atoms with van der Waals surface area (Å²) >= 11 is 0. The summed E-state index contributed by atoms with van der Waals surface area (Å²) < 4.78 is 15.2. The Hall–Kier alpha value is -2.68. The van der Waals surface area contributed by atoms with Crippen LogP contribution in [0.25, 0.3) is 0 Å². The second-order valence-electron chi connectivity index (χ2n) is 4.95. The largest absolute Gasteiger partial charge is 0.467 e. The van der Waals surface area contributed by atoms with Gasteiger partial charge in [-0.15, -0.1) is 0 Å². The minimum atomic E-state index is -0.515. The zero-order valence-corrected chi connectivity index (χ0v) is 12.4. The molecule has 2 aromatic heterocycles. The van der Waals surface area contributed by atoms with Crippen molar-refractivity contribution in [3.05, 3.63) is 35.9 Å². The van der Waals surface area contributed by atoms with Crippen LogP contribution in [0.15, 0.2) is 27.3 Å². The number of carbonyl (C=O) groups is 2. The highest BCUT2D eigenvalue weighted by atomic mass is 16.5. The molecule has 23 heavy (non-hydrogen) atoms. The molecule has 0 aliphatic carbocycles. The maximum absolute atomic E-state index is 12.1. The van der Waals surface area contributed by atoms with Crippen LogP contribution in [0.2, 0.25) is 0 Å². The smallest absolute Gasteiger partial charge is 0.315 e. The van der Waals surface area contributed by atoms with Crippen molar-refractivity contribution in [2.45, 2.75) is 13.0 Å². The molecular weight excluding hydrogens is 304 g/mol. The first-order valence-electron chi connectivity index (χ1n) is 7.21. The fourth-order valence-corrected chi connectivity index (χ4v) is 2.13. The van der Waals surface area contributed by atoms with E-state index in [9.17, 15) is 9.59 Å². The monoisotopic (exact) mass is 320 g/mol. The highest BCUT2D eigenvalue weighted by Crippen LogP contribution is 2.05. The predicted molar refractivity (Wildman–Crippen MR) is 75.3 cm³/mol. The SMILES string of the molecule is O=C(NCc1ccco1)c1nc(CC(=O)N2CCOCC2)no1. The van der Waals surface area contributed by atoms with E-state index in [1.165, 1.54) is 6.26 Å². The molecule has 1 aliphatic rings. The Morgan fingerprint density at radius 2 is 2.13 bits per heavy atom. The molecule has 0 radical (unpaired) electrons. The van der Waals surface area contributed by atoms with Crippen LogP contribution in [0.5, 0.6) is 0 Å². The number of hydrogen-bond donors (Lipinski definition) is 1. The van der Waals surface area contributed by atoms with E-state index < -0.39 is 5.91 Å². The number of ether oxygens (including phenoxy) is 1. The van der Waals surface area contributed by atoms with Crippen LogP contribution < -0.4 is 5.32 Å².